The Morgan fingerprint density at radius 3 is 2.53 bits per heavy atom. The lowest BCUT2D eigenvalue weighted by atomic mass is 10.2. The van der Waals surface area contributed by atoms with Gasteiger partial charge in [-0.2, -0.15) is 5.10 Å². The molecule has 30 heavy (non-hydrogen) atoms. The summed E-state index contributed by atoms with van der Waals surface area (Å²) in [5, 5.41) is 8.23. The molecule has 1 saturated heterocycles. The first kappa shape index (κ1) is 20.5. The fourth-order valence-electron chi connectivity index (χ4n) is 3.48. The molecule has 7 heteroatoms. The van der Waals surface area contributed by atoms with Gasteiger partial charge in [0, 0.05) is 32.7 Å². The highest BCUT2D eigenvalue weighted by Gasteiger charge is 2.19. The molecule has 6 nitrogen and oxygen atoms in total. The van der Waals surface area contributed by atoms with Gasteiger partial charge in [-0.1, -0.05) is 18.2 Å². The van der Waals surface area contributed by atoms with Crippen LogP contribution in [0, 0.1) is 12.7 Å². The molecule has 0 atom stereocenters. The molecule has 1 N–H and O–H groups in total. The monoisotopic (exact) mass is 410 g/mol. The molecule has 0 spiro atoms. The Bertz CT molecular complexity index is 938. The number of nitrogens with zero attached hydrogens (tertiary/aromatic N) is 3. The second kappa shape index (κ2) is 9.84. The van der Waals surface area contributed by atoms with Gasteiger partial charge < -0.3 is 14.8 Å². The van der Waals surface area contributed by atoms with Gasteiger partial charge in [0.25, 0.3) is 0 Å². The third-order valence-corrected chi connectivity index (χ3v) is 5.18. The van der Waals surface area contributed by atoms with E-state index in [9.17, 15) is 4.39 Å². The number of ether oxygens (including phenoxy) is 2. The zero-order valence-corrected chi connectivity index (χ0v) is 17.2. The van der Waals surface area contributed by atoms with Gasteiger partial charge in [0.1, 0.15) is 11.6 Å². The summed E-state index contributed by atoms with van der Waals surface area (Å²) in [6.07, 6.45) is 0. The zero-order valence-electron chi connectivity index (χ0n) is 17.2. The lowest BCUT2D eigenvalue weighted by Gasteiger charge is -2.26. The van der Waals surface area contributed by atoms with Crippen LogP contribution in [0.1, 0.15) is 11.3 Å². The van der Waals surface area contributed by atoms with Crippen LogP contribution in [0.4, 0.5) is 4.39 Å². The Labute approximate surface area is 176 Å². The van der Waals surface area contributed by atoms with Gasteiger partial charge in [0.15, 0.2) is 0 Å². The number of nitrogens with one attached hydrogen (secondary N) is 1. The number of hydrogen-bond donors (Lipinski definition) is 1. The Morgan fingerprint density at radius 1 is 1.07 bits per heavy atom. The third-order valence-electron chi connectivity index (χ3n) is 5.18. The van der Waals surface area contributed by atoms with Crippen LogP contribution in [0.3, 0.4) is 0 Å². The van der Waals surface area contributed by atoms with Crippen LogP contribution in [0.2, 0.25) is 0 Å². The van der Waals surface area contributed by atoms with Crippen LogP contribution >= 0.6 is 0 Å². The molecule has 2 aromatic carbocycles. The van der Waals surface area contributed by atoms with E-state index in [1.165, 1.54) is 12.1 Å². The highest BCUT2D eigenvalue weighted by atomic mass is 19.1. The van der Waals surface area contributed by atoms with Crippen molar-refractivity contribution in [2.45, 2.75) is 13.5 Å². The molecule has 0 bridgehead atoms. The van der Waals surface area contributed by atoms with Crippen molar-refractivity contribution in [3.63, 3.8) is 0 Å². The molecule has 3 aromatic rings. The molecule has 0 amide bonds. The number of aromatic nitrogens is 2. The second-order valence-electron chi connectivity index (χ2n) is 7.30. The molecule has 0 saturated carbocycles. The first-order chi connectivity index (χ1) is 14.7. The van der Waals surface area contributed by atoms with Gasteiger partial charge in [0.2, 0.25) is 5.88 Å². The maximum absolute atomic E-state index is 13.3. The summed E-state index contributed by atoms with van der Waals surface area (Å²) in [5.41, 5.74) is 2.80. The summed E-state index contributed by atoms with van der Waals surface area (Å²) in [7, 11) is 0. The van der Waals surface area contributed by atoms with Gasteiger partial charge >= 0.3 is 0 Å². The van der Waals surface area contributed by atoms with E-state index in [4.69, 9.17) is 14.6 Å². The van der Waals surface area contributed by atoms with Crippen LogP contribution in [-0.2, 0) is 11.3 Å². The van der Waals surface area contributed by atoms with Gasteiger partial charge in [-0.25, -0.2) is 9.07 Å². The Morgan fingerprint density at radius 2 is 1.80 bits per heavy atom. The van der Waals surface area contributed by atoms with Crippen molar-refractivity contribution in [2.24, 2.45) is 0 Å². The quantitative estimate of drug-likeness (QED) is 0.576. The lowest BCUT2D eigenvalue weighted by molar-refractivity contribution is 0.0384. The number of halogens is 1. The molecular formula is C23H27FN4O2. The number of aryl methyl sites for hydroxylation is 1. The van der Waals surface area contributed by atoms with Crippen molar-refractivity contribution in [3.8, 4) is 17.3 Å². The lowest BCUT2D eigenvalue weighted by Crippen LogP contribution is -2.40. The van der Waals surface area contributed by atoms with Crippen LogP contribution in [0.25, 0.3) is 5.69 Å². The van der Waals surface area contributed by atoms with E-state index in [0.717, 1.165) is 56.3 Å². The molecule has 0 unspecified atom stereocenters. The van der Waals surface area contributed by atoms with Crippen LogP contribution in [-0.4, -0.2) is 54.1 Å². The average molecular weight is 410 g/mol. The molecular weight excluding hydrogens is 383 g/mol. The van der Waals surface area contributed by atoms with Crippen molar-refractivity contribution >= 4 is 0 Å². The summed E-state index contributed by atoms with van der Waals surface area (Å²) in [5.74, 6) is 0.923. The van der Waals surface area contributed by atoms with Crippen molar-refractivity contribution < 1.29 is 13.9 Å². The summed E-state index contributed by atoms with van der Waals surface area (Å²) in [6.45, 7) is 8.03. The summed E-state index contributed by atoms with van der Waals surface area (Å²) >= 11 is 0. The number of hydrogen-bond acceptors (Lipinski definition) is 5. The molecule has 1 aromatic heterocycles. The van der Waals surface area contributed by atoms with Gasteiger partial charge in [-0.15, -0.1) is 0 Å². The molecule has 1 aliphatic rings. The molecule has 1 fully saturated rings. The molecule has 158 valence electrons. The largest absolute Gasteiger partial charge is 0.439 e. The molecule has 0 radical (unpaired) electrons. The minimum atomic E-state index is -0.292. The highest BCUT2D eigenvalue weighted by Crippen LogP contribution is 2.30. The molecule has 1 aliphatic heterocycles. The van der Waals surface area contributed by atoms with E-state index in [1.54, 1.807) is 16.8 Å². The van der Waals surface area contributed by atoms with Crippen LogP contribution in [0.15, 0.2) is 54.6 Å². The van der Waals surface area contributed by atoms with E-state index in [-0.39, 0.29) is 5.82 Å². The summed E-state index contributed by atoms with van der Waals surface area (Å²) in [4.78, 5) is 2.40. The van der Waals surface area contributed by atoms with Crippen molar-refractivity contribution in [3.05, 3.63) is 71.7 Å². The van der Waals surface area contributed by atoms with E-state index in [0.29, 0.717) is 18.2 Å². The van der Waals surface area contributed by atoms with Crippen molar-refractivity contribution in [1.29, 1.82) is 0 Å². The SMILES string of the molecule is Cc1nn(-c2ccccc2)c(Oc2ccc(F)cc2)c1CNCCN1CCOCC1. The van der Waals surface area contributed by atoms with Gasteiger partial charge in [-0.05, 0) is 43.3 Å². The Kier molecular flexibility index (Phi) is 6.74. The summed E-state index contributed by atoms with van der Waals surface area (Å²) < 4.78 is 26.7. The van der Waals surface area contributed by atoms with Crippen molar-refractivity contribution in [2.75, 3.05) is 39.4 Å². The molecule has 2 heterocycles. The fourth-order valence-corrected chi connectivity index (χ4v) is 3.48. The van der Waals surface area contributed by atoms with E-state index < -0.39 is 0 Å². The maximum Gasteiger partial charge on any atom is 0.227 e. The average Bonchev–Trinajstić information content (AvgIpc) is 3.09. The smallest absolute Gasteiger partial charge is 0.227 e. The van der Waals surface area contributed by atoms with E-state index in [1.807, 2.05) is 37.3 Å². The molecule has 4 rings (SSSR count). The number of rotatable bonds is 8. The number of para-hydroxylation sites is 1. The first-order valence-electron chi connectivity index (χ1n) is 10.3. The normalized spacial score (nSPS) is 14.7. The molecule has 0 aliphatic carbocycles. The van der Waals surface area contributed by atoms with Crippen LogP contribution < -0.4 is 10.1 Å². The minimum absolute atomic E-state index is 0.292. The zero-order chi connectivity index (χ0) is 20.8. The van der Waals surface area contributed by atoms with Crippen molar-refractivity contribution in [1.82, 2.24) is 20.0 Å². The van der Waals surface area contributed by atoms with E-state index in [2.05, 4.69) is 10.2 Å². The van der Waals surface area contributed by atoms with Crippen LogP contribution in [0.5, 0.6) is 11.6 Å². The third kappa shape index (κ3) is 5.05. The standard InChI is InChI=1S/C23H27FN4O2/c1-18-22(17-25-11-12-27-13-15-29-16-14-27)23(30-21-9-7-19(24)8-10-21)28(26-18)20-5-3-2-4-6-20/h2-10,25H,11-17H2,1H3. The van der Waals surface area contributed by atoms with Gasteiger partial charge in [0.05, 0.1) is 30.2 Å². The topological polar surface area (TPSA) is 51.5 Å². The second-order valence-corrected chi connectivity index (χ2v) is 7.30. The predicted octanol–water partition coefficient (Wildman–Crippen LogP) is 3.53. The highest BCUT2D eigenvalue weighted by molar-refractivity contribution is 5.43. The first-order valence-corrected chi connectivity index (χ1v) is 10.3. The Hall–Kier alpha value is -2.74. The van der Waals surface area contributed by atoms with E-state index >= 15 is 0 Å². The Balaban J connectivity index is 1.52. The maximum atomic E-state index is 13.3. The minimum Gasteiger partial charge on any atom is -0.439 e. The number of morpholine rings is 1. The predicted molar refractivity (Wildman–Crippen MR) is 114 cm³/mol. The summed E-state index contributed by atoms with van der Waals surface area (Å²) in [6, 6.07) is 15.9. The number of benzene rings is 2. The van der Waals surface area contributed by atoms with Gasteiger partial charge in [-0.3, -0.25) is 4.90 Å². The fraction of sp³-hybridized carbons (Fsp3) is 0.348.